The highest BCUT2D eigenvalue weighted by Crippen LogP contribution is 2.35. The lowest BCUT2D eigenvalue weighted by Crippen LogP contribution is -2.25. The molecule has 0 radical (unpaired) electrons. The van der Waals surface area contributed by atoms with Crippen LogP contribution in [0.1, 0.15) is 61.9 Å². The highest BCUT2D eigenvalue weighted by Gasteiger charge is 2.29. The number of carbonyl (C=O) groups is 4. The number of nitrogens with one attached hydrogen (secondary N) is 2. The van der Waals surface area contributed by atoms with Gasteiger partial charge in [0.05, 0.1) is 41.1 Å². The Morgan fingerprint density at radius 1 is 1.07 bits per heavy atom. The first kappa shape index (κ1) is 32.2. The van der Waals surface area contributed by atoms with Crippen LogP contribution in [0.4, 0.5) is 5.00 Å². The minimum atomic E-state index is -0.723. The van der Waals surface area contributed by atoms with Crippen LogP contribution in [0.3, 0.4) is 0 Å². The zero-order chi connectivity index (χ0) is 31.1. The van der Waals surface area contributed by atoms with Gasteiger partial charge in [-0.25, -0.2) is 9.59 Å². The number of esters is 2. The molecule has 4 aromatic rings. The quantitative estimate of drug-likeness (QED) is 0.143. The van der Waals surface area contributed by atoms with Crippen molar-refractivity contribution in [2.24, 2.45) is 0 Å². The molecule has 15 heteroatoms. The lowest BCUT2D eigenvalue weighted by molar-refractivity contribution is -0.115. The second-order valence-corrected chi connectivity index (χ2v) is 12.5. The summed E-state index contributed by atoms with van der Waals surface area (Å²) in [5.74, 6) is -1.51. The van der Waals surface area contributed by atoms with E-state index >= 15 is 0 Å². The summed E-state index contributed by atoms with van der Waals surface area (Å²) in [6.07, 6.45) is 0. The monoisotopic (exact) mass is 661 g/mol. The number of thioether (sulfide) groups is 1. The fraction of sp³-hybridized carbons (Fsp3) is 0.286. The molecule has 0 aliphatic heterocycles. The standard InChI is InChI=1S/C28H28ClN5O6S3/c1-5-39-26(37)21-15(3)22(27(38)40-6-2)43-25(21)31-23(35)16(4)42-28-33-32-20(14-30-24(36)19-11-8-12-41-19)34(28)18-10-7-9-17(29)13-18/h7-13,16H,5-6,14H2,1-4H3,(H,30,36)(H,31,35)/t16-/m1/s1. The molecule has 0 aliphatic carbocycles. The molecule has 4 rings (SSSR count). The summed E-state index contributed by atoms with van der Waals surface area (Å²) in [5, 5.41) is 16.3. The van der Waals surface area contributed by atoms with Crippen molar-refractivity contribution in [2.75, 3.05) is 18.5 Å². The summed E-state index contributed by atoms with van der Waals surface area (Å²) in [7, 11) is 0. The van der Waals surface area contributed by atoms with E-state index in [0.717, 1.165) is 23.1 Å². The van der Waals surface area contributed by atoms with Gasteiger partial charge in [0.15, 0.2) is 11.0 Å². The molecule has 0 spiro atoms. The van der Waals surface area contributed by atoms with Gasteiger partial charge in [-0.3, -0.25) is 14.2 Å². The zero-order valence-electron chi connectivity index (χ0n) is 23.6. The van der Waals surface area contributed by atoms with Crippen LogP contribution in [0.25, 0.3) is 5.69 Å². The first-order valence-corrected chi connectivity index (χ1v) is 16.1. The lowest BCUT2D eigenvalue weighted by atomic mass is 10.1. The van der Waals surface area contributed by atoms with E-state index in [1.807, 2.05) is 11.4 Å². The fourth-order valence-corrected chi connectivity index (χ4v) is 6.69. The second-order valence-electron chi connectivity index (χ2n) is 8.82. The molecule has 0 unspecified atom stereocenters. The maximum atomic E-state index is 13.4. The predicted octanol–water partition coefficient (Wildman–Crippen LogP) is 5.75. The Hall–Kier alpha value is -3.72. The molecule has 1 aromatic carbocycles. The van der Waals surface area contributed by atoms with Crippen LogP contribution in [-0.4, -0.2) is 57.0 Å². The molecule has 0 saturated carbocycles. The number of thiophene rings is 2. The maximum absolute atomic E-state index is 13.4. The molecule has 1 atom stereocenters. The number of halogens is 1. The smallest absolute Gasteiger partial charge is 0.348 e. The number of anilines is 1. The molecule has 43 heavy (non-hydrogen) atoms. The third kappa shape index (κ3) is 7.63. The summed E-state index contributed by atoms with van der Waals surface area (Å²) >= 11 is 9.66. The topological polar surface area (TPSA) is 142 Å². The van der Waals surface area contributed by atoms with Crippen molar-refractivity contribution >= 4 is 74.8 Å². The second kappa shape index (κ2) is 14.6. The van der Waals surface area contributed by atoms with Crippen molar-refractivity contribution in [3.05, 3.63) is 73.5 Å². The number of nitrogens with zero attached hydrogens (tertiary/aromatic N) is 3. The van der Waals surface area contributed by atoms with Gasteiger partial charge in [-0.15, -0.1) is 32.9 Å². The Morgan fingerprint density at radius 2 is 1.81 bits per heavy atom. The highest BCUT2D eigenvalue weighted by atomic mass is 35.5. The number of hydrogen-bond acceptors (Lipinski definition) is 11. The predicted molar refractivity (Wildman–Crippen MR) is 167 cm³/mol. The van der Waals surface area contributed by atoms with E-state index in [2.05, 4.69) is 20.8 Å². The molecule has 0 aliphatic rings. The van der Waals surface area contributed by atoms with Gasteiger partial charge in [0, 0.05) is 5.02 Å². The van der Waals surface area contributed by atoms with Gasteiger partial charge in [-0.05, 0) is 62.9 Å². The van der Waals surface area contributed by atoms with Gasteiger partial charge < -0.3 is 20.1 Å². The van der Waals surface area contributed by atoms with Gasteiger partial charge in [-0.2, -0.15) is 0 Å². The summed E-state index contributed by atoms with van der Waals surface area (Å²) in [6, 6.07) is 10.5. The third-order valence-corrected chi connectivity index (χ3v) is 9.23. The Balaban J connectivity index is 1.59. The lowest BCUT2D eigenvalue weighted by Gasteiger charge is -2.14. The first-order chi connectivity index (χ1) is 20.6. The molecule has 11 nitrogen and oxygen atoms in total. The van der Waals surface area contributed by atoms with E-state index in [1.54, 1.807) is 62.6 Å². The van der Waals surface area contributed by atoms with Crippen molar-refractivity contribution in [3.8, 4) is 5.69 Å². The number of rotatable bonds is 12. The van der Waals surface area contributed by atoms with E-state index in [1.165, 1.54) is 11.3 Å². The van der Waals surface area contributed by atoms with Crippen LogP contribution in [0, 0.1) is 6.92 Å². The van der Waals surface area contributed by atoms with Crippen molar-refractivity contribution in [1.82, 2.24) is 20.1 Å². The molecule has 2 amide bonds. The van der Waals surface area contributed by atoms with Crippen LogP contribution in [0.2, 0.25) is 5.02 Å². The Labute approximate surface area is 264 Å². The van der Waals surface area contributed by atoms with Crippen LogP contribution in [0.15, 0.2) is 46.9 Å². The van der Waals surface area contributed by atoms with E-state index in [0.29, 0.717) is 32.1 Å². The van der Waals surface area contributed by atoms with Gasteiger partial charge in [0.2, 0.25) is 5.91 Å². The number of hydrogen-bond donors (Lipinski definition) is 2. The molecular weight excluding hydrogens is 634 g/mol. The molecule has 3 heterocycles. The van der Waals surface area contributed by atoms with Crippen LogP contribution < -0.4 is 10.6 Å². The van der Waals surface area contributed by atoms with Crippen molar-refractivity contribution < 1.29 is 28.7 Å². The minimum Gasteiger partial charge on any atom is -0.462 e. The van der Waals surface area contributed by atoms with Gasteiger partial charge >= 0.3 is 11.9 Å². The average molecular weight is 662 g/mol. The number of amides is 2. The Kier molecular flexibility index (Phi) is 11.0. The number of ether oxygens (including phenoxy) is 2. The fourth-order valence-electron chi connectivity index (χ4n) is 3.89. The van der Waals surface area contributed by atoms with E-state index in [9.17, 15) is 19.2 Å². The van der Waals surface area contributed by atoms with Crippen molar-refractivity contribution in [1.29, 1.82) is 0 Å². The Morgan fingerprint density at radius 3 is 2.49 bits per heavy atom. The number of aromatic nitrogens is 3. The van der Waals surface area contributed by atoms with Crippen LogP contribution in [-0.2, 0) is 20.8 Å². The highest BCUT2D eigenvalue weighted by molar-refractivity contribution is 8.00. The molecule has 3 aromatic heterocycles. The minimum absolute atomic E-state index is 0.0748. The van der Waals surface area contributed by atoms with Crippen molar-refractivity contribution in [3.63, 3.8) is 0 Å². The zero-order valence-corrected chi connectivity index (χ0v) is 26.8. The number of carbonyl (C=O) groups excluding carboxylic acids is 4. The van der Waals surface area contributed by atoms with Crippen LogP contribution >= 0.6 is 46.0 Å². The van der Waals surface area contributed by atoms with E-state index in [-0.39, 0.29) is 41.1 Å². The van der Waals surface area contributed by atoms with Crippen LogP contribution in [0.5, 0.6) is 0 Å². The molecule has 2 N–H and O–H groups in total. The maximum Gasteiger partial charge on any atom is 0.348 e. The summed E-state index contributed by atoms with van der Waals surface area (Å²) in [4.78, 5) is 52.0. The van der Waals surface area contributed by atoms with E-state index in [4.69, 9.17) is 21.1 Å². The van der Waals surface area contributed by atoms with Gasteiger partial charge in [-0.1, -0.05) is 35.5 Å². The molecule has 226 valence electrons. The van der Waals surface area contributed by atoms with Gasteiger partial charge in [0.25, 0.3) is 5.91 Å². The SMILES string of the molecule is CCOC(=O)c1sc(NC(=O)[C@@H](C)Sc2nnc(CNC(=O)c3cccs3)n2-c2cccc(Cl)c2)c(C(=O)OCC)c1C. The van der Waals surface area contributed by atoms with Crippen molar-refractivity contribution in [2.45, 2.75) is 44.6 Å². The van der Waals surface area contributed by atoms with E-state index < -0.39 is 23.1 Å². The molecule has 0 bridgehead atoms. The third-order valence-electron chi connectivity index (χ3n) is 5.89. The largest absolute Gasteiger partial charge is 0.462 e. The summed E-state index contributed by atoms with van der Waals surface area (Å²) in [5.41, 5.74) is 1.12. The summed E-state index contributed by atoms with van der Waals surface area (Å²) < 4.78 is 12.0. The molecule has 0 saturated heterocycles. The number of benzene rings is 1. The molecular formula is C28H28ClN5O6S3. The van der Waals surface area contributed by atoms with Gasteiger partial charge in [0.1, 0.15) is 9.88 Å². The Bertz CT molecular complexity index is 1640. The normalized spacial score (nSPS) is 11.6. The average Bonchev–Trinajstić information content (AvgIpc) is 3.71. The first-order valence-electron chi connectivity index (χ1n) is 13.1. The summed E-state index contributed by atoms with van der Waals surface area (Å²) in [6.45, 7) is 6.98. The molecule has 0 fully saturated rings.